The zero-order valence-electron chi connectivity index (χ0n) is 17.2. The molecule has 0 saturated heterocycles. The van der Waals surface area contributed by atoms with Crippen molar-refractivity contribution in [2.24, 2.45) is 5.92 Å². The van der Waals surface area contributed by atoms with E-state index in [0.717, 1.165) is 16.7 Å². The van der Waals surface area contributed by atoms with Crippen LogP contribution in [0.1, 0.15) is 36.0 Å². The minimum absolute atomic E-state index is 0.0876. The number of hydrogen-bond donors (Lipinski definition) is 1. The highest BCUT2D eigenvalue weighted by atomic mass is 16.5. The summed E-state index contributed by atoms with van der Waals surface area (Å²) in [6, 6.07) is 29.0. The van der Waals surface area contributed by atoms with Crippen molar-refractivity contribution in [3.63, 3.8) is 0 Å². The summed E-state index contributed by atoms with van der Waals surface area (Å²) in [5.41, 5.74) is 2.93. The molecule has 1 N–H and O–H groups in total. The lowest BCUT2D eigenvalue weighted by Gasteiger charge is -2.23. The maximum atomic E-state index is 12.7. The topological polar surface area (TPSA) is 55.4 Å². The van der Waals surface area contributed by atoms with Crippen LogP contribution in [0.25, 0.3) is 0 Å². The van der Waals surface area contributed by atoms with Gasteiger partial charge in [-0.15, -0.1) is 0 Å². The summed E-state index contributed by atoms with van der Waals surface area (Å²) in [5, 5.41) is 2.96. The van der Waals surface area contributed by atoms with E-state index in [-0.39, 0.29) is 30.8 Å². The van der Waals surface area contributed by atoms with Crippen LogP contribution < -0.4 is 5.32 Å². The lowest BCUT2D eigenvalue weighted by atomic mass is 9.84. The summed E-state index contributed by atoms with van der Waals surface area (Å²) in [6.45, 7) is 2.52. The highest BCUT2D eigenvalue weighted by molar-refractivity contribution is 5.79. The van der Waals surface area contributed by atoms with Gasteiger partial charge in [0.1, 0.15) is 6.61 Å². The molecule has 0 saturated carbocycles. The van der Waals surface area contributed by atoms with E-state index >= 15 is 0 Å². The number of amides is 1. The highest BCUT2D eigenvalue weighted by Gasteiger charge is 2.29. The van der Waals surface area contributed by atoms with E-state index in [1.807, 2.05) is 97.9 Å². The van der Waals surface area contributed by atoms with Gasteiger partial charge in [-0.2, -0.15) is 0 Å². The molecule has 30 heavy (non-hydrogen) atoms. The SMILES string of the molecule is C[C@H](C(=O)OCc1ccccc1)[C@H](CC(=O)NCc1ccccc1)c1ccccc1. The van der Waals surface area contributed by atoms with Gasteiger partial charge in [-0.25, -0.2) is 0 Å². The number of carbonyl (C=O) groups excluding carboxylic acids is 2. The molecule has 0 bridgehead atoms. The normalized spacial score (nSPS) is 12.6. The van der Waals surface area contributed by atoms with E-state index in [4.69, 9.17) is 4.74 Å². The van der Waals surface area contributed by atoms with Gasteiger partial charge in [0.2, 0.25) is 5.91 Å². The number of ether oxygens (including phenoxy) is 1. The first-order chi connectivity index (χ1) is 14.6. The Morgan fingerprint density at radius 2 is 1.33 bits per heavy atom. The lowest BCUT2D eigenvalue weighted by Crippen LogP contribution is -2.29. The van der Waals surface area contributed by atoms with Gasteiger partial charge in [0.15, 0.2) is 0 Å². The molecule has 4 nitrogen and oxygen atoms in total. The summed E-state index contributed by atoms with van der Waals surface area (Å²) in [6.07, 6.45) is 0.221. The Balaban J connectivity index is 1.64. The van der Waals surface area contributed by atoms with E-state index in [1.165, 1.54) is 0 Å². The smallest absolute Gasteiger partial charge is 0.309 e. The number of esters is 1. The molecule has 0 aromatic heterocycles. The van der Waals surface area contributed by atoms with Gasteiger partial charge in [0, 0.05) is 18.9 Å². The summed E-state index contributed by atoms with van der Waals surface area (Å²) in [4.78, 5) is 25.4. The van der Waals surface area contributed by atoms with Crippen molar-refractivity contribution >= 4 is 11.9 Å². The fraction of sp³-hybridized carbons (Fsp3) is 0.231. The Labute approximate surface area is 177 Å². The Morgan fingerprint density at radius 3 is 1.93 bits per heavy atom. The van der Waals surface area contributed by atoms with Gasteiger partial charge in [-0.05, 0) is 16.7 Å². The monoisotopic (exact) mass is 401 g/mol. The predicted octanol–water partition coefficient (Wildman–Crippen LogP) is 4.86. The molecule has 0 aliphatic carbocycles. The maximum absolute atomic E-state index is 12.7. The third-order valence-electron chi connectivity index (χ3n) is 5.16. The fourth-order valence-electron chi connectivity index (χ4n) is 3.38. The predicted molar refractivity (Wildman–Crippen MR) is 117 cm³/mol. The molecular weight excluding hydrogens is 374 g/mol. The molecule has 0 aliphatic rings. The van der Waals surface area contributed by atoms with Crippen LogP contribution >= 0.6 is 0 Å². The zero-order chi connectivity index (χ0) is 21.2. The van der Waals surface area contributed by atoms with E-state index in [0.29, 0.717) is 6.54 Å². The second kappa shape index (κ2) is 11.0. The number of nitrogens with one attached hydrogen (secondary N) is 1. The molecule has 1 amide bonds. The van der Waals surface area contributed by atoms with Crippen molar-refractivity contribution in [1.82, 2.24) is 5.32 Å². The Hall–Kier alpha value is -3.40. The van der Waals surface area contributed by atoms with E-state index < -0.39 is 5.92 Å². The van der Waals surface area contributed by atoms with Crippen molar-refractivity contribution in [3.8, 4) is 0 Å². The second-order valence-electron chi connectivity index (χ2n) is 7.37. The molecule has 3 aromatic rings. The van der Waals surface area contributed by atoms with E-state index in [2.05, 4.69) is 5.32 Å². The first-order valence-corrected chi connectivity index (χ1v) is 10.2. The quantitative estimate of drug-likeness (QED) is 0.521. The summed E-state index contributed by atoms with van der Waals surface area (Å²) < 4.78 is 5.53. The van der Waals surface area contributed by atoms with Crippen LogP contribution in [0.4, 0.5) is 0 Å². The van der Waals surface area contributed by atoms with Gasteiger partial charge in [-0.1, -0.05) is 97.9 Å². The summed E-state index contributed by atoms with van der Waals surface area (Å²) in [7, 11) is 0. The average molecular weight is 402 g/mol. The lowest BCUT2D eigenvalue weighted by molar-refractivity contribution is -0.150. The van der Waals surface area contributed by atoms with Gasteiger partial charge < -0.3 is 10.1 Å². The van der Waals surface area contributed by atoms with Crippen molar-refractivity contribution in [2.45, 2.75) is 32.4 Å². The summed E-state index contributed by atoms with van der Waals surface area (Å²) >= 11 is 0. The van der Waals surface area contributed by atoms with Crippen molar-refractivity contribution in [2.75, 3.05) is 0 Å². The van der Waals surface area contributed by atoms with E-state index in [9.17, 15) is 9.59 Å². The Kier molecular flexibility index (Phi) is 7.78. The standard InChI is InChI=1S/C26H27NO3/c1-20(26(29)30-19-22-13-7-3-8-14-22)24(23-15-9-4-10-16-23)17-25(28)27-18-21-11-5-2-6-12-21/h2-16,20,24H,17-19H2,1H3,(H,27,28)/t20-,24-/m0/s1. The average Bonchev–Trinajstić information content (AvgIpc) is 2.81. The maximum Gasteiger partial charge on any atom is 0.309 e. The minimum atomic E-state index is -0.446. The van der Waals surface area contributed by atoms with Gasteiger partial charge in [-0.3, -0.25) is 9.59 Å². The van der Waals surface area contributed by atoms with Gasteiger partial charge >= 0.3 is 5.97 Å². The molecule has 3 aromatic carbocycles. The molecule has 4 heteroatoms. The van der Waals surface area contributed by atoms with E-state index in [1.54, 1.807) is 0 Å². The molecule has 0 heterocycles. The van der Waals surface area contributed by atoms with Crippen LogP contribution in [0.2, 0.25) is 0 Å². The molecule has 0 unspecified atom stereocenters. The molecular formula is C26H27NO3. The van der Waals surface area contributed by atoms with Gasteiger partial charge in [0.05, 0.1) is 5.92 Å². The first-order valence-electron chi connectivity index (χ1n) is 10.2. The van der Waals surface area contributed by atoms with Crippen molar-refractivity contribution in [3.05, 3.63) is 108 Å². The molecule has 3 rings (SSSR count). The number of hydrogen-bond acceptors (Lipinski definition) is 3. The molecule has 0 radical (unpaired) electrons. The van der Waals surface area contributed by atoms with Crippen LogP contribution in [-0.2, 0) is 27.5 Å². The van der Waals surface area contributed by atoms with Crippen LogP contribution in [-0.4, -0.2) is 11.9 Å². The molecule has 154 valence electrons. The zero-order valence-corrected chi connectivity index (χ0v) is 17.2. The molecule has 0 spiro atoms. The van der Waals surface area contributed by atoms with Gasteiger partial charge in [0.25, 0.3) is 0 Å². The van der Waals surface area contributed by atoms with Crippen molar-refractivity contribution < 1.29 is 14.3 Å². The van der Waals surface area contributed by atoms with Crippen LogP contribution in [0.5, 0.6) is 0 Å². The fourth-order valence-corrected chi connectivity index (χ4v) is 3.38. The van der Waals surface area contributed by atoms with Crippen molar-refractivity contribution in [1.29, 1.82) is 0 Å². The third kappa shape index (κ3) is 6.31. The van der Waals surface area contributed by atoms with Crippen LogP contribution in [0, 0.1) is 5.92 Å². The third-order valence-corrected chi connectivity index (χ3v) is 5.16. The minimum Gasteiger partial charge on any atom is -0.461 e. The molecule has 0 aliphatic heterocycles. The molecule has 0 fully saturated rings. The summed E-state index contributed by atoms with van der Waals surface area (Å²) in [5.74, 6) is -1.09. The Morgan fingerprint density at radius 1 is 0.800 bits per heavy atom. The highest BCUT2D eigenvalue weighted by Crippen LogP contribution is 2.29. The first kappa shape index (κ1) is 21.3. The number of rotatable bonds is 9. The molecule has 2 atom stereocenters. The Bertz CT molecular complexity index is 926. The van der Waals surface area contributed by atoms with Crippen LogP contribution in [0.3, 0.4) is 0 Å². The largest absolute Gasteiger partial charge is 0.461 e. The number of carbonyl (C=O) groups is 2. The van der Waals surface area contributed by atoms with Crippen LogP contribution in [0.15, 0.2) is 91.0 Å². The number of benzene rings is 3. The second-order valence-corrected chi connectivity index (χ2v) is 7.37.